The quantitative estimate of drug-likeness (QED) is 0.227. The minimum absolute atomic E-state index is 1.02. The molecule has 7 aromatic rings. The molecule has 7 rings (SSSR count). The number of hydrogen-bond donors (Lipinski definition) is 0. The second kappa shape index (κ2) is 9.46. The van der Waals surface area contributed by atoms with E-state index in [-0.39, 0.29) is 0 Å². The number of benzene rings is 6. The number of hydrogen-bond acceptors (Lipinski definition) is 1. The molecule has 6 aromatic carbocycles. The van der Waals surface area contributed by atoms with Crippen LogP contribution < -0.4 is 0 Å². The summed E-state index contributed by atoms with van der Waals surface area (Å²) in [5.74, 6) is 0. The molecule has 1 nitrogen and oxygen atoms in total. The maximum atomic E-state index is 4.98. The van der Waals surface area contributed by atoms with Crippen LogP contribution in [0, 0.1) is 0 Å². The van der Waals surface area contributed by atoms with Crippen LogP contribution in [0.2, 0.25) is 0 Å². The molecule has 0 N–H and O–H groups in total. The predicted molar refractivity (Wildman–Crippen MR) is 161 cm³/mol. The van der Waals surface area contributed by atoms with E-state index >= 15 is 0 Å². The number of pyridine rings is 1. The smallest absolute Gasteiger partial charge is 0.0792 e. The van der Waals surface area contributed by atoms with Gasteiger partial charge in [-0.1, -0.05) is 127 Å². The van der Waals surface area contributed by atoms with Gasteiger partial charge in [0.2, 0.25) is 0 Å². The fourth-order valence-electron chi connectivity index (χ4n) is 5.57. The van der Waals surface area contributed by atoms with E-state index in [1.165, 1.54) is 55.3 Å². The maximum Gasteiger partial charge on any atom is 0.0792 e. The molecule has 0 aliphatic heterocycles. The largest absolute Gasteiger partial charge is 0.256 e. The summed E-state index contributed by atoms with van der Waals surface area (Å²) in [6, 6.07) is 51.9. The standard InChI is InChI=1S/C37H25N/c1-3-12-26(13-4-1)28-16-9-18-30(24-28)35-32-20-7-8-21-33(32)36(37-34(35)22-11-23-38-37)31-19-10-17-29(25-31)27-14-5-2-6-15-27/h1-25H. The van der Waals surface area contributed by atoms with E-state index in [0.717, 1.165) is 10.9 Å². The lowest BCUT2D eigenvalue weighted by Crippen LogP contribution is -1.93. The minimum atomic E-state index is 1.02. The molecule has 1 heterocycles. The first kappa shape index (κ1) is 22.2. The zero-order valence-corrected chi connectivity index (χ0v) is 20.9. The first-order valence-corrected chi connectivity index (χ1v) is 13.0. The van der Waals surface area contributed by atoms with Gasteiger partial charge in [-0.3, -0.25) is 4.98 Å². The monoisotopic (exact) mass is 483 g/mol. The highest BCUT2D eigenvalue weighted by Gasteiger charge is 2.18. The summed E-state index contributed by atoms with van der Waals surface area (Å²) in [6.07, 6.45) is 1.91. The lowest BCUT2D eigenvalue weighted by Gasteiger charge is -2.18. The Hall–Kier alpha value is -5.01. The van der Waals surface area contributed by atoms with Crippen molar-refractivity contribution in [2.24, 2.45) is 0 Å². The molecule has 1 heteroatoms. The van der Waals surface area contributed by atoms with Gasteiger partial charge in [0.25, 0.3) is 0 Å². The van der Waals surface area contributed by atoms with E-state index in [0.29, 0.717) is 0 Å². The first-order valence-electron chi connectivity index (χ1n) is 13.0. The minimum Gasteiger partial charge on any atom is -0.256 e. The maximum absolute atomic E-state index is 4.98. The highest BCUT2D eigenvalue weighted by Crippen LogP contribution is 2.43. The van der Waals surface area contributed by atoms with Crippen LogP contribution in [-0.4, -0.2) is 4.98 Å². The molecule has 0 unspecified atom stereocenters. The van der Waals surface area contributed by atoms with Crippen molar-refractivity contribution in [1.82, 2.24) is 4.98 Å². The van der Waals surface area contributed by atoms with Crippen LogP contribution in [0.1, 0.15) is 0 Å². The molecule has 0 aliphatic rings. The van der Waals surface area contributed by atoms with Gasteiger partial charge in [-0.2, -0.15) is 0 Å². The summed E-state index contributed by atoms with van der Waals surface area (Å²) in [5, 5.41) is 3.61. The molecule has 0 amide bonds. The summed E-state index contributed by atoms with van der Waals surface area (Å²) >= 11 is 0. The number of aromatic nitrogens is 1. The van der Waals surface area contributed by atoms with Crippen molar-refractivity contribution in [2.45, 2.75) is 0 Å². The Bertz CT molecular complexity index is 1710. The molecule has 0 saturated carbocycles. The van der Waals surface area contributed by atoms with Crippen LogP contribution in [0.15, 0.2) is 152 Å². The van der Waals surface area contributed by atoms with E-state index in [1.807, 2.05) is 12.3 Å². The zero-order chi connectivity index (χ0) is 25.3. The van der Waals surface area contributed by atoms with Crippen LogP contribution in [0.3, 0.4) is 0 Å². The van der Waals surface area contributed by atoms with Gasteiger partial charge in [-0.15, -0.1) is 0 Å². The molecular formula is C37H25N. The Labute approximate surface area is 222 Å². The Morgan fingerprint density at radius 2 is 0.763 bits per heavy atom. The third-order valence-corrected chi connectivity index (χ3v) is 7.30. The lowest BCUT2D eigenvalue weighted by molar-refractivity contribution is 1.42. The van der Waals surface area contributed by atoms with Gasteiger partial charge < -0.3 is 0 Å². The Balaban J connectivity index is 1.51. The van der Waals surface area contributed by atoms with Gasteiger partial charge in [0.15, 0.2) is 0 Å². The molecule has 0 bridgehead atoms. The van der Waals surface area contributed by atoms with Gasteiger partial charge in [-0.25, -0.2) is 0 Å². The molecule has 0 fully saturated rings. The molecule has 0 aliphatic carbocycles. The average Bonchev–Trinajstić information content (AvgIpc) is 3.01. The van der Waals surface area contributed by atoms with E-state index in [4.69, 9.17) is 4.98 Å². The van der Waals surface area contributed by atoms with Crippen molar-refractivity contribution in [3.63, 3.8) is 0 Å². The summed E-state index contributed by atoms with van der Waals surface area (Å²) in [5.41, 5.74) is 10.7. The Morgan fingerprint density at radius 3 is 1.37 bits per heavy atom. The van der Waals surface area contributed by atoms with Crippen LogP contribution >= 0.6 is 0 Å². The van der Waals surface area contributed by atoms with Crippen LogP contribution in [0.25, 0.3) is 66.2 Å². The SMILES string of the molecule is c1ccc(-c2cccc(-c3c4ccccc4c(-c4cccc(-c5ccccc5)c4)c4ncccc34)c2)cc1. The Morgan fingerprint density at radius 1 is 0.316 bits per heavy atom. The molecule has 0 spiro atoms. The Kier molecular flexibility index (Phi) is 5.53. The van der Waals surface area contributed by atoms with E-state index < -0.39 is 0 Å². The number of rotatable bonds is 4. The fraction of sp³-hybridized carbons (Fsp3) is 0. The lowest BCUT2D eigenvalue weighted by atomic mass is 9.86. The van der Waals surface area contributed by atoms with Crippen molar-refractivity contribution >= 4 is 21.7 Å². The van der Waals surface area contributed by atoms with Gasteiger partial charge in [0, 0.05) is 17.1 Å². The van der Waals surface area contributed by atoms with Crippen LogP contribution in [0.5, 0.6) is 0 Å². The van der Waals surface area contributed by atoms with E-state index in [1.54, 1.807) is 0 Å². The van der Waals surface area contributed by atoms with Crippen molar-refractivity contribution in [3.8, 4) is 44.5 Å². The van der Waals surface area contributed by atoms with Crippen LogP contribution in [-0.2, 0) is 0 Å². The van der Waals surface area contributed by atoms with Gasteiger partial charge in [-0.05, 0) is 67.9 Å². The summed E-state index contributed by atoms with van der Waals surface area (Å²) < 4.78 is 0. The zero-order valence-electron chi connectivity index (χ0n) is 20.9. The first-order chi connectivity index (χ1) is 18.9. The molecule has 1 aromatic heterocycles. The summed E-state index contributed by atoms with van der Waals surface area (Å²) in [7, 11) is 0. The van der Waals surface area contributed by atoms with Crippen molar-refractivity contribution in [2.75, 3.05) is 0 Å². The number of fused-ring (bicyclic) bond motifs is 2. The third kappa shape index (κ3) is 3.86. The second-order valence-corrected chi connectivity index (χ2v) is 9.59. The van der Waals surface area contributed by atoms with E-state index in [2.05, 4.69) is 140 Å². The molecule has 38 heavy (non-hydrogen) atoms. The van der Waals surface area contributed by atoms with Gasteiger partial charge >= 0.3 is 0 Å². The van der Waals surface area contributed by atoms with Crippen molar-refractivity contribution in [3.05, 3.63) is 152 Å². The van der Waals surface area contributed by atoms with Crippen LogP contribution in [0.4, 0.5) is 0 Å². The molecule has 0 saturated heterocycles. The normalized spacial score (nSPS) is 11.2. The van der Waals surface area contributed by atoms with Gasteiger partial charge in [0.1, 0.15) is 0 Å². The van der Waals surface area contributed by atoms with Gasteiger partial charge in [0.05, 0.1) is 5.52 Å². The number of nitrogens with zero attached hydrogens (tertiary/aromatic N) is 1. The van der Waals surface area contributed by atoms with E-state index in [9.17, 15) is 0 Å². The topological polar surface area (TPSA) is 12.9 Å². The molecule has 178 valence electrons. The van der Waals surface area contributed by atoms with Crippen molar-refractivity contribution < 1.29 is 0 Å². The highest BCUT2D eigenvalue weighted by atomic mass is 14.7. The third-order valence-electron chi connectivity index (χ3n) is 7.30. The predicted octanol–water partition coefficient (Wildman–Crippen LogP) is 10.1. The highest BCUT2D eigenvalue weighted by molar-refractivity contribution is 6.20. The summed E-state index contributed by atoms with van der Waals surface area (Å²) in [4.78, 5) is 4.98. The summed E-state index contributed by atoms with van der Waals surface area (Å²) in [6.45, 7) is 0. The molecular weight excluding hydrogens is 458 g/mol. The fourth-order valence-corrected chi connectivity index (χ4v) is 5.57. The second-order valence-electron chi connectivity index (χ2n) is 9.59. The average molecular weight is 484 g/mol. The molecule has 0 atom stereocenters. The van der Waals surface area contributed by atoms with Crippen molar-refractivity contribution in [1.29, 1.82) is 0 Å². The molecule has 0 radical (unpaired) electrons.